The molecular formula is C19H26FNO. The van der Waals surface area contributed by atoms with E-state index in [4.69, 9.17) is 4.74 Å². The van der Waals surface area contributed by atoms with Crippen LogP contribution < -0.4 is 5.32 Å². The molecule has 0 radical (unpaired) electrons. The van der Waals surface area contributed by atoms with Crippen LogP contribution in [0, 0.1) is 5.82 Å². The maximum absolute atomic E-state index is 11.9. The number of ether oxygens (including phenoxy) is 1. The van der Waals surface area contributed by atoms with Crippen LogP contribution in [-0.2, 0) is 11.2 Å². The third-order valence-corrected chi connectivity index (χ3v) is 3.17. The normalized spacial score (nSPS) is 11.4. The molecule has 1 N–H and O–H groups in total. The maximum Gasteiger partial charge on any atom is 0.123 e. The van der Waals surface area contributed by atoms with Crippen LogP contribution in [0.25, 0.3) is 0 Å². The van der Waals surface area contributed by atoms with Gasteiger partial charge in [0.1, 0.15) is 5.82 Å². The second-order valence-electron chi connectivity index (χ2n) is 5.05. The average molecular weight is 303 g/mol. The van der Waals surface area contributed by atoms with E-state index in [-0.39, 0.29) is 11.9 Å². The highest BCUT2D eigenvalue weighted by Crippen LogP contribution is 2.04. The first kappa shape index (κ1) is 18.3. The summed E-state index contributed by atoms with van der Waals surface area (Å²) in [5, 5.41) is 3.38. The van der Waals surface area contributed by atoms with E-state index >= 15 is 0 Å². The quantitative estimate of drug-likeness (QED) is 0.779. The van der Waals surface area contributed by atoms with Gasteiger partial charge in [-0.05, 0) is 37.1 Å². The van der Waals surface area contributed by atoms with Gasteiger partial charge in [-0.2, -0.15) is 0 Å². The van der Waals surface area contributed by atoms with Crippen molar-refractivity contribution in [3.63, 3.8) is 0 Å². The Bertz CT molecular complexity index is 475. The summed E-state index contributed by atoms with van der Waals surface area (Å²) in [4.78, 5) is 0. The zero-order valence-electron chi connectivity index (χ0n) is 13.5. The highest BCUT2D eigenvalue weighted by molar-refractivity contribution is 5.15. The number of benzene rings is 2. The molecule has 2 aromatic carbocycles. The molecule has 0 spiro atoms. The lowest BCUT2D eigenvalue weighted by Gasteiger charge is -2.15. The third kappa shape index (κ3) is 8.55. The largest absolute Gasteiger partial charge is 0.380 e. The first-order valence-corrected chi connectivity index (χ1v) is 7.74. The van der Waals surface area contributed by atoms with Gasteiger partial charge in [-0.1, -0.05) is 55.5 Å². The van der Waals surface area contributed by atoms with Crippen molar-refractivity contribution in [3.05, 3.63) is 72.0 Å². The van der Waals surface area contributed by atoms with Crippen molar-refractivity contribution in [1.82, 2.24) is 5.32 Å². The lowest BCUT2D eigenvalue weighted by atomic mass is 10.1. The van der Waals surface area contributed by atoms with Gasteiger partial charge in [-0.15, -0.1) is 0 Å². The van der Waals surface area contributed by atoms with Crippen molar-refractivity contribution >= 4 is 0 Å². The second kappa shape index (κ2) is 11.9. The maximum atomic E-state index is 11.9. The number of rotatable bonds is 7. The Hall–Kier alpha value is -1.71. The van der Waals surface area contributed by atoms with Gasteiger partial charge in [0, 0.05) is 13.7 Å². The Labute approximate surface area is 133 Å². The molecule has 22 heavy (non-hydrogen) atoms. The highest BCUT2D eigenvalue weighted by Gasteiger charge is 2.06. The van der Waals surface area contributed by atoms with E-state index in [0.29, 0.717) is 0 Å². The molecule has 0 heterocycles. The summed E-state index contributed by atoms with van der Waals surface area (Å²) in [6.07, 6.45) is 2.43. The highest BCUT2D eigenvalue weighted by atomic mass is 19.1. The number of hydrogen-bond acceptors (Lipinski definition) is 2. The predicted molar refractivity (Wildman–Crippen MR) is 90.5 cm³/mol. The lowest BCUT2D eigenvalue weighted by Crippen LogP contribution is -2.30. The van der Waals surface area contributed by atoms with Crippen LogP contribution in [0.3, 0.4) is 0 Å². The molecule has 0 aromatic heterocycles. The van der Waals surface area contributed by atoms with Crippen LogP contribution in [-0.4, -0.2) is 26.3 Å². The van der Waals surface area contributed by atoms with Gasteiger partial charge in [0.2, 0.25) is 0 Å². The Morgan fingerprint density at radius 3 is 2.05 bits per heavy atom. The van der Waals surface area contributed by atoms with Gasteiger partial charge < -0.3 is 10.1 Å². The van der Waals surface area contributed by atoms with Crippen LogP contribution in [0.2, 0.25) is 0 Å². The zero-order valence-corrected chi connectivity index (χ0v) is 13.5. The minimum absolute atomic E-state index is 0.178. The summed E-state index contributed by atoms with van der Waals surface area (Å²) in [6, 6.07) is 18.4. The van der Waals surface area contributed by atoms with Crippen LogP contribution in [0.5, 0.6) is 0 Å². The second-order valence-corrected chi connectivity index (χ2v) is 5.05. The minimum atomic E-state index is -0.178. The molecule has 3 heteroatoms. The molecule has 0 bridgehead atoms. The molecule has 0 aliphatic carbocycles. The number of hydrogen-bond donors (Lipinski definition) is 1. The molecule has 0 amide bonds. The lowest BCUT2D eigenvalue weighted by molar-refractivity contribution is 0.102. The Morgan fingerprint density at radius 1 is 1.00 bits per heavy atom. The number of halogens is 1. The first-order chi connectivity index (χ1) is 10.8. The van der Waals surface area contributed by atoms with Crippen LogP contribution in [0.1, 0.15) is 18.9 Å². The summed E-state index contributed by atoms with van der Waals surface area (Å²) in [7, 11) is 1.78. The summed E-state index contributed by atoms with van der Waals surface area (Å²) >= 11 is 0. The Balaban J connectivity index is 0.000000287. The smallest absolute Gasteiger partial charge is 0.123 e. The number of nitrogens with one attached hydrogen (secondary N) is 1. The zero-order chi connectivity index (χ0) is 16.0. The van der Waals surface area contributed by atoms with Crippen LogP contribution in [0.15, 0.2) is 60.7 Å². The summed E-state index contributed by atoms with van der Waals surface area (Å²) in [6.45, 7) is 4.17. The van der Waals surface area contributed by atoms with Gasteiger partial charge in [0.15, 0.2) is 0 Å². The summed E-state index contributed by atoms with van der Waals surface area (Å²) < 4.78 is 17.3. The molecule has 2 nitrogen and oxygen atoms in total. The topological polar surface area (TPSA) is 21.3 Å². The molecule has 0 saturated carbocycles. The Kier molecular flexibility index (Phi) is 9.92. The molecule has 0 aliphatic heterocycles. The fourth-order valence-electron chi connectivity index (χ4n) is 1.97. The number of methoxy groups -OCH3 is 1. The van der Waals surface area contributed by atoms with Crippen molar-refractivity contribution < 1.29 is 9.13 Å². The Morgan fingerprint density at radius 2 is 1.59 bits per heavy atom. The SMILES string of the molecule is CCCNCC(Cc1ccccc1)OC.Fc1ccccc1. The van der Waals surface area contributed by atoms with Gasteiger partial charge in [0.05, 0.1) is 6.10 Å². The van der Waals surface area contributed by atoms with E-state index in [9.17, 15) is 4.39 Å². The minimum Gasteiger partial charge on any atom is -0.380 e. The molecule has 1 unspecified atom stereocenters. The molecule has 2 aromatic rings. The van der Waals surface area contributed by atoms with E-state index in [1.807, 2.05) is 6.07 Å². The fourth-order valence-corrected chi connectivity index (χ4v) is 1.97. The molecular weight excluding hydrogens is 277 g/mol. The van der Waals surface area contributed by atoms with Crippen LogP contribution in [0.4, 0.5) is 4.39 Å². The molecule has 1 atom stereocenters. The van der Waals surface area contributed by atoms with E-state index in [2.05, 4.69) is 36.5 Å². The van der Waals surface area contributed by atoms with Crippen molar-refractivity contribution in [3.8, 4) is 0 Å². The summed E-state index contributed by atoms with van der Waals surface area (Å²) in [5.74, 6) is -0.178. The van der Waals surface area contributed by atoms with Gasteiger partial charge in [-0.3, -0.25) is 0 Å². The molecule has 0 fully saturated rings. The molecule has 2 rings (SSSR count). The third-order valence-electron chi connectivity index (χ3n) is 3.17. The van der Waals surface area contributed by atoms with Crippen molar-refractivity contribution in [1.29, 1.82) is 0 Å². The molecule has 0 saturated heterocycles. The molecule has 120 valence electrons. The van der Waals surface area contributed by atoms with Crippen LogP contribution >= 0.6 is 0 Å². The van der Waals surface area contributed by atoms with Gasteiger partial charge >= 0.3 is 0 Å². The standard InChI is InChI=1S/C13H21NO.C6H5F/c1-3-9-14-11-13(15-2)10-12-7-5-4-6-8-12;7-6-4-2-1-3-5-6/h4-8,13-14H,3,9-11H2,1-2H3;1-5H. The van der Waals surface area contributed by atoms with E-state index in [1.54, 1.807) is 25.3 Å². The van der Waals surface area contributed by atoms with Crippen molar-refractivity contribution in [2.24, 2.45) is 0 Å². The monoisotopic (exact) mass is 303 g/mol. The van der Waals surface area contributed by atoms with Gasteiger partial charge in [0.25, 0.3) is 0 Å². The van der Waals surface area contributed by atoms with Crippen molar-refractivity contribution in [2.75, 3.05) is 20.2 Å². The molecule has 0 aliphatic rings. The fraction of sp³-hybridized carbons (Fsp3) is 0.368. The van der Waals surface area contributed by atoms with Crippen molar-refractivity contribution in [2.45, 2.75) is 25.9 Å². The van der Waals surface area contributed by atoms with Gasteiger partial charge in [-0.25, -0.2) is 4.39 Å². The predicted octanol–water partition coefficient (Wildman–Crippen LogP) is 4.07. The summed E-state index contributed by atoms with van der Waals surface area (Å²) in [5.41, 5.74) is 1.34. The van der Waals surface area contributed by atoms with E-state index in [1.165, 1.54) is 24.1 Å². The van der Waals surface area contributed by atoms with E-state index in [0.717, 1.165) is 19.5 Å². The van der Waals surface area contributed by atoms with E-state index < -0.39 is 0 Å². The first-order valence-electron chi connectivity index (χ1n) is 7.74. The average Bonchev–Trinajstić information content (AvgIpc) is 2.56.